The van der Waals surface area contributed by atoms with E-state index in [-0.39, 0.29) is 5.56 Å². The highest BCUT2D eigenvalue weighted by Crippen LogP contribution is 2.16. The van der Waals surface area contributed by atoms with E-state index in [0.29, 0.717) is 23.4 Å². The molecule has 7 nitrogen and oxygen atoms in total. The van der Waals surface area contributed by atoms with E-state index in [1.807, 2.05) is 20.8 Å². The molecule has 2 heterocycles. The van der Waals surface area contributed by atoms with Gasteiger partial charge in [-0.15, -0.1) is 0 Å². The van der Waals surface area contributed by atoms with E-state index in [1.54, 1.807) is 28.8 Å². The van der Waals surface area contributed by atoms with Gasteiger partial charge in [-0.05, 0) is 32.4 Å². The van der Waals surface area contributed by atoms with Gasteiger partial charge in [-0.1, -0.05) is 6.92 Å². The van der Waals surface area contributed by atoms with Crippen LogP contribution in [0.4, 0.5) is 5.82 Å². The Kier molecular flexibility index (Phi) is 4.78. The zero-order valence-corrected chi connectivity index (χ0v) is 13.7. The zero-order valence-electron chi connectivity index (χ0n) is 13.7. The number of fused-ring (bicyclic) bond motifs is 1. The Morgan fingerprint density at radius 3 is 2.65 bits per heavy atom. The largest absolute Gasteiger partial charge is 0.477 e. The van der Waals surface area contributed by atoms with Gasteiger partial charge in [0.15, 0.2) is 5.82 Å². The molecule has 7 heteroatoms. The predicted molar refractivity (Wildman–Crippen MR) is 90.4 cm³/mol. The van der Waals surface area contributed by atoms with E-state index in [4.69, 9.17) is 5.11 Å². The molecule has 0 saturated carbocycles. The minimum Gasteiger partial charge on any atom is -0.477 e. The lowest BCUT2D eigenvalue weighted by atomic mass is 10.2. The molecular weight excluding hydrogens is 296 g/mol. The van der Waals surface area contributed by atoms with Gasteiger partial charge in [-0.2, -0.15) is 5.10 Å². The SMILES string of the molecule is CC/C(C)=N/N(C)c1ccc2c(=O)c(C(=O)O)cn(CC)c2n1. The Morgan fingerprint density at radius 1 is 1.39 bits per heavy atom. The van der Waals surface area contributed by atoms with Gasteiger partial charge in [0.25, 0.3) is 0 Å². The smallest absolute Gasteiger partial charge is 0.341 e. The lowest BCUT2D eigenvalue weighted by Crippen LogP contribution is -2.20. The van der Waals surface area contributed by atoms with E-state index < -0.39 is 11.4 Å². The molecule has 0 radical (unpaired) electrons. The molecule has 0 aliphatic rings. The van der Waals surface area contributed by atoms with Crippen LogP contribution < -0.4 is 10.4 Å². The third-order valence-electron chi connectivity index (χ3n) is 3.64. The van der Waals surface area contributed by atoms with Crippen molar-refractivity contribution in [2.24, 2.45) is 5.10 Å². The monoisotopic (exact) mass is 316 g/mol. The molecule has 0 unspecified atom stereocenters. The maximum absolute atomic E-state index is 12.3. The number of hydrogen-bond acceptors (Lipinski definition) is 5. The van der Waals surface area contributed by atoms with Gasteiger partial charge in [-0.25, -0.2) is 9.78 Å². The second kappa shape index (κ2) is 6.60. The number of rotatable bonds is 5. The minimum atomic E-state index is -1.23. The predicted octanol–water partition coefficient (Wildman–Crippen LogP) is 2.34. The zero-order chi connectivity index (χ0) is 17.1. The van der Waals surface area contributed by atoms with Crippen molar-refractivity contribution in [2.75, 3.05) is 12.1 Å². The van der Waals surface area contributed by atoms with Crippen LogP contribution in [0, 0.1) is 0 Å². The molecule has 23 heavy (non-hydrogen) atoms. The van der Waals surface area contributed by atoms with E-state index in [9.17, 15) is 9.59 Å². The molecule has 2 rings (SSSR count). The molecular formula is C16H20N4O3. The summed E-state index contributed by atoms with van der Waals surface area (Å²) >= 11 is 0. The van der Waals surface area contributed by atoms with E-state index >= 15 is 0 Å². The number of pyridine rings is 2. The first-order chi connectivity index (χ1) is 10.9. The summed E-state index contributed by atoms with van der Waals surface area (Å²) in [7, 11) is 1.79. The van der Waals surface area contributed by atoms with Gasteiger partial charge in [0, 0.05) is 25.5 Å². The van der Waals surface area contributed by atoms with Crippen molar-refractivity contribution in [3.63, 3.8) is 0 Å². The standard InChI is InChI=1S/C16H20N4O3/c1-5-10(3)18-19(4)13-8-7-11-14(21)12(16(22)23)9-20(6-2)15(11)17-13/h7-9H,5-6H2,1-4H3,(H,22,23)/b18-10+. The molecule has 2 aromatic heterocycles. The Hall–Kier alpha value is -2.70. The van der Waals surface area contributed by atoms with Crippen molar-refractivity contribution in [3.05, 3.63) is 34.1 Å². The summed E-state index contributed by atoms with van der Waals surface area (Å²) in [5.41, 5.74) is 0.647. The van der Waals surface area contributed by atoms with Crippen molar-refractivity contribution in [1.82, 2.24) is 9.55 Å². The maximum Gasteiger partial charge on any atom is 0.341 e. The van der Waals surface area contributed by atoms with Crippen LogP contribution in [0.3, 0.4) is 0 Å². The number of aromatic carboxylic acids is 1. The van der Waals surface area contributed by atoms with Gasteiger partial charge in [0.2, 0.25) is 5.43 Å². The number of carbonyl (C=O) groups is 1. The number of anilines is 1. The Bertz CT molecular complexity index is 839. The van der Waals surface area contributed by atoms with Crippen LogP contribution in [0.1, 0.15) is 37.6 Å². The van der Waals surface area contributed by atoms with Gasteiger partial charge in [0.05, 0.1) is 5.39 Å². The topological polar surface area (TPSA) is 87.8 Å². The fraction of sp³-hybridized carbons (Fsp3) is 0.375. The number of aromatic nitrogens is 2. The summed E-state index contributed by atoms with van der Waals surface area (Å²) in [6.07, 6.45) is 2.17. The Balaban J connectivity index is 2.66. The molecule has 122 valence electrons. The van der Waals surface area contributed by atoms with E-state index in [2.05, 4.69) is 10.1 Å². The Morgan fingerprint density at radius 2 is 2.09 bits per heavy atom. The number of carboxylic acid groups (broad SMARTS) is 1. The molecule has 0 aliphatic heterocycles. The van der Waals surface area contributed by atoms with Crippen molar-refractivity contribution in [1.29, 1.82) is 0 Å². The van der Waals surface area contributed by atoms with Gasteiger partial charge in [0.1, 0.15) is 11.2 Å². The molecule has 0 aliphatic carbocycles. The highest BCUT2D eigenvalue weighted by atomic mass is 16.4. The Labute approximate surface area is 133 Å². The fourth-order valence-corrected chi connectivity index (χ4v) is 2.21. The fourth-order valence-electron chi connectivity index (χ4n) is 2.21. The third kappa shape index (κ3) is 3.23. The number of hydrogen-bond donors (Lipinski definition) is 1. The second-order valence-electron chi connectivity index (χ2n) is 5.22. The van der Waals surface area contributed by atoms with Crippen molar-refractivity contribution in [3.8, 4) is 0 Å². The van der Waals surface area contributed by atoms with Gasteiger partial charge >= 0.3 is 5.97 Å². The van der Waals surface area contributed by atoms with Crippen LogP contribution >= 0.6 is 0 Å². The number of aryl methyl sites for hydroxylation is 1. The average Bonchev–Trinajstić information content (AvgIpc) is 2.54. The van der Waals surface area contributed by atoms with Gasteiger partial charge < -0.3 is 9.67 Å². The molecule has 0 spiro atoms. The van der Waals surface area contributed by atoms with Crippen molar-refractivity contribution >= 4 is 28.5 Å². The molecule has 0 amide bonds. The molecule has 0 saturated heterocycles. The number of carboxylic acids is 1. The summed E-state index contributed by atoms with van der Waals surface area (Å²) in [6.45, 7) is 6.32. The summed E-state index contributed by atoms with van der Waals surface area (Å²) in [6, 6.07) is 3.27. The highest BCUT2D eigenvalue weighted by molar-refractivity contribution is 5.92. The molecule has 0 bridgehead atoms. The summed E-state index contributed by atoms with van der Waals surface area (Å²) < 4.78 is 1.66. The number of nitrogens with zero attached hydrogens (tertiary/aromatic N) is 4. The first-order valence-electron chi connectivity index (χ1n) is 7.44. The van der Waals surface area contributed by atoms with E-state index in [0.717, 1.165) is 12.1 Å². The molecule has 0 atom stereocenters. The molecule has 0 aromatic carbocycles. The van der Waals surface area contributed by atoms with Crippen LogP contribution in [0.2, 0.25) is 0 Å². The lowest BCUT2D eigenvalue weighted by molar-refractivity contribution is 0.0695. The first-order valence-corrected chi connectivity index (χ1v) is 7.44. The van der Waals surface area contributed by atoms with Crippen molar-refractivity contribution in [2.45, 2.75) is 33.7 Å². The quantitative estimate of drug-likeness (QED) is 0.675. The summed E-state index contributed by atoms with van der Waals surface area (Å²) in [5, 5.41) is 15.5. The van der Waals surface area contributed by atoms with Crippen LogP contribution in [0.25, 0.3) is 11.0 Å². The number of hydrazone groups is 1. The summed E-state index contributed by atoms with van der Waals surface area (Å²) in [5.74, 6) is -0.640. The van der Waals surface area contributed by atoms with E-state index in [1.165, 1.54) is 6.20 Å². The summed E-state index contributed by atoms with van der Waals surface area (Å²) in [4.78, 5) is 28.0. The third-order valence-corrected chi connectivity index (χ3v) is 3.64. The van der Waals surface area contributed by atoms with Gasteiger partial charge in [-0.3, -0.25) is 9.80 Å². The first kappa shape index (κ1) is 16.7. The molecule has 0 fully saturated rings. The molecule has 2 aromatic rings. The maximum atomic E-state index is 12.3. The second-order valence-corrected chi connectivity index (χ2v) is 5.22. The molecule has 1 N–H and O–H groups in total. The highest BCUT2D eigenvalue weighted by Gasteiger charge is 2.16. The van der Waals surface area contributed by atoms with Crippen molar-refractivity contribution < 1.29 is 9.90 Å². The lowest BCUT2D eigenvalue weighted by Gasteiger charge is -2.15. The van der Waals surface area contributed by atoms with Crippen LogP contribution in [0.5, 0.6) is 0 Å². The average molecular weight is 316 g/mol. The normalized spacial score (nSPS) is 11.7. The van der Waals surface area contributed by atoms with Crippen LogP contribution in [0.15, 0.2) is 28.2 Å². The van der Waals surface area contributed by atoms with Crippen LogP contribution in [-0.2, 0) is 6.54 Å². The van der Waals surface area contributed by atoms with Crippen LogP contribution in [-0.4, -0.2) is 33.4 Å². The minimum absolute atomic E-state index is 0.248.